The molecule has 118 valence electrons. The first-order valence-electron chi connectivity index (χ1n) is 7.59. The fourth-order valence-corrected chi connectivity index (χ4v) is 2.32. The van der Waals surface area contributed by atoms with Crippen molar-refractivity contribution in [2.45, 2.75) is 32.1 Å². The highest BCUT2D eigenvalue weighted by atomic mass is 16.5. The number of amides is 1. The summed E-state index contributed by atoms with van der Waals surface area (Å²) >= 11 is 0. The number of rotatable bonds is 8. The van der Waals surface area contributed by atoms with E-state index < -0.39 is 5.97 Å². The minimum absolute atomic E-state index is 0.0972. The standard InChI is InChI=1S/C17H21NO4/c19-16(20)9-3-1-2-6-10-18-17(21)14-11-13-7-4-5-8-15(13)22-12-14/h4-5,7-8,11H,1-3,6,9-10,12H2,(H,18,21)(H,19,20). The Bertz CT molecular complexity index is 566. The number of carboxylic acids is 1. The van der Waals surface area contributed by atoms with Crippen molar-refractivity contribution in [3.8, 4) is 5.75 Å². The summed E-state index contributed by atoms with van der Waals surface area (Å²) in [7, 11) is 0. The normalized spacial score (nSPS) is 12.8. The van der Waals surface area contributed by atoms with Gasteiger partial charge in [-0.25, -0.2) is 0 Å². The summed E-state index contributed by atoms with van der Waals surface area (Å²) in [5, 5.41) is 11.4. The van der Waals surface area contributed by atoms with E-state index in [1.165, 1.54) is 0 Å². The van der Waals surface area contributed by atoms with Gasteiger partial charge >= 0.3 is 5.97 Å². The van der Waals surface area contributed by atoms with E-state index in [2.05, 4.69) is 5.32 Å². The summed E-state index contributed by atoms with van der Waals surface area (Å²) in [6, 6.07) is 7.63. The summed E-state index contributed by atoms with van der Waals surface area (Å²) < 4.78 is 5.55. The van der Waals surface area contributed by atoms with Gasteiger partial charge in [0.25, 0.3) is 5.91 Å². The molecule has 0 aromatic heterocycles. The molecule has 0 bridgehead atoms. The molecular weight excluding hydrogens is 282 g/mol. The molecule has 2 rings (SSSR count). The molecule has 0 fully saturated rings. The monoisotopic (exact) mass is 303 g/mol. The highest BCUT2D eigenvalue weighted by Gasteiger charge is 2.16. The maximum atomic E-state index is 12.0. The van der Waals surface area contributed by atoms with Gasteiger partial charge < -0.3 is 15.2 Å². The Morgan fingerprint density at radius 3 is 2.73 bits per heavy atom. The molecule has 1 heterocycles. The van der Waals surface area contributed by atoms with Crippen molar-refractivity contribution < 1.29 is 19.4 Å². The number of carboxylic acid groups (broad SMARTS) is 1. The highest BCUT2D eigenvalue weighted by Crippen LogP contribution is 2.25. The lowest BCUT2D eigenvalue weighted by atomic mass is 10.1. The van der Waals surface area contributed by atoms with Crippen LogP contribution in [0, 0.1) is 0 Å². The summed E-state index contributed by atoms with van der Waals surface area (Å²) in [5.41, 5.74) is 1.55. The maximum Gasteiger partial charge on any atom is 0.303 e. The minimum atomic E-state index is -0.752. The molecule has 0 aliphatic carbocycles. The van der Waals surface area contributed by atoms with Gasteiger partial charge in [-0.3, -0.25) is 9.59 Å². The van der Waals surface area contributed by atoms with E-state index in [9.17, 15) is 9.59 Å². The average molecular weight is 303 g/mol. The van der Waals surface area contributed by atoms with Crippen molar-refractivity contribution in [2.75, 3.05) is 13.2 Å². The number of carbonyl (C=O) groups is 2. The molecular formula is C17H21NO4. The Labute approximate surface area is 130 Å². The molecule has 0 saturated heterocycles. The van der Waals surface area contributed by atoms with Crippen LogP contribution in [-0.2, 0) is 9.59 Å². The summed E-state index contributed by atoms with van der Waals surface area (Å²) in [6.07, 6.45) is 5.43. The van der Waals surface area contributed by atoms with Gasteiger partial charge in [0.15, 0.2) is 0 Å². The molecule has 1 aliphatic heterocycles. The zero-order valence-corrected chi connectivity index (χ0v) is 12.5. The molecule has 2 N–H and O–H groups in total. The van der Waals surface area contributed by atoms with Crippen LogP contribution in [0.2, 0.25) is 0 Å². The molecule has 5 heteroatoms. The van der Waals surface area contributed by atoms with Crippen molar-refractivity contribution in [3.05, 3.63) is 35.4 Å². The number of hydrogen-bond acceptors (Lipinski definition) is 3. The van der Waals surface area contributed by atoms with E-state index in [1.807, 2.05) is 30.3 Å². The molecule has 0 saturated carbocycles. The smallest absolute Gasteiger partial charge is 0.303 e. The third-order valence-corrected chi connectivity index (χ3v) is 3.53. The van der Waals surface area contributed by atoms with Crippen LogP contribution in [-0.4, -0.2) is 30.1 Å². The van der Waals surface area contributed by atoms with Gasteiger partial charge in [-0.15, -0.1) is 0 Å². The van der Waals surface area contributed by atoms with E-state index in [-0.39, 0.29) is 12.3 Å². The van der Waals surface area contributed by atoms with Crippen LogP contribution in [0.4, 0.5) is 0 Å². The van der Waals surface area contributed by atoms with Gasteiger partial charge in [0, 0.05) is 18.5 Å². The number of nitrogens with one attached hydrogen (secondary N) is 1. The highest BCUT2D eigenvalue weighted by molar-refractivity contribution is 5.99. The van der Waals surface area contributed by atoms with Gasteiger partial charge in [0.1, 0.15) is 12.4 Å². The zero-order valence-electron chi connectivity index (χ0n) is 12.5. The third kappa shape index (κ3) is 4.91. The number of unbranched alkanes of at least 4 members (excludes halogenated alkanes) is 3. The Balaban J connectivity index is 1.68. The lowest BCUT2D eigenvalue weighted by molar-refractivity contribution is -0.137. The SMILES string of the molecule is O=C(O)CCCCCCNC(=O)C1=Cc2ccccc2OC1. The van der Waals surface area contributed by atoms with Crippen molar-refractivity contribution >= 4 is 18.0 Å². The predicted octanol–water partition coefficient (Wildman–Crippen LogP) is 2.61. The van der Waals surface area contributed by atoms with Crippen LogP contribution < -0.4 is 10.1 Å². The van der Waals surface area contributed by atoms with Crippen LogP contribution in [0.25, 0.3) is 6.08 Å². The summed E-state index contributed by atoms with van der Waals surface area (Å²) in [4.78, 5) is 22.4. The van der Waals surface area contributed by atoms with E-state index in [0.717, 1.165) is 30.6 Å². The fraction of sp³-hybridized carbons (Fsp3) is 0.412. The van der Waals surface area contributed by atoms with Gasteiger partial charge in [-0.05, 0) is 25.0 Å². The van der Waals surface area contributed by atoms with E-state index >= 15 is 0 Å². The van der Waals surface area contributed by atoms with E-state index in [0.29, 0.717) is 25.1 Å². The quantitative estimate of drug-likeness (QED) is 0.724. The number of para-hydroxylation sites is 1. The van der Waals surface area contributed by atoms with E-state index in [4.69, 9.17) is 9.84 Å². The minimum Gasteiger partial charge on any atom is -0.488 e. The number of carbonyl (C=O) groups excluding carboxylic acids is 1. The van der Waals surface area contributed by atoms with Crippen LogP contribution in [0.5, 0.6) is 5.75 Å². The first-order chi connectivity index (χ1) is 10.7. The predicted molar refractivity (Wildman–Crippen MR) is 83.6 cm³/mol. The Kier molecular flexibility index (Phi) is 6.01. The van der Waals surface area contributed by atoms with Crippen LogP contribution in [0.15, 0.2) is 29.8 Å². The van der Waals surface area contributed by atoms with Crippen molar-refractivity contribution in [1.29, 1.82) is 0 Å². The number of benzene rings is 1. The number of hydrogen-bond donors (Lipinski definition) is 2. The van der Waals surface area contributed by atoms with Gasteiger partial charge in [-0.1, -0.05) is 31.0 Å². The molecule has 0 unspecified atom stereocenters. The fourth-order valence-electron chi connectivity index (χ4n) is 2.32. The van der Waals surface area contributed by atoms with Gasteiger partial charge in [0.2, 0.25) is 0 Å². The number of aliphatic carboxylic acids is 1. The number of ether oxygens (including phenoxy) is 1. The molecule has 5 nitrogen and oxygen atoms in total. The first kappa shape index (κ1) is 16.1. The number of fused-ring (bicyclic) bond motifs is 1. The third-order valence-electron chi connectivity index (χ3n) is 3.53. The molecule has 1 aromatic carbocycles. The Morgan fingerprint density at radius 1 is 1.14 bits per heavy atom. The summed E-state index contributed by atoms with van der Waals surface area (Å²) in [5.74, 6) is -0.0460. The summed E-state index contributed by atoms with van der Waals surface area (Å²) in [6.45, 7) is 0.895. The second-order valence-electron chi connectivity index (χ2n) is 5.31. The van der Waals surface area contributed by atoms with Gasteiger partial charge in [0.05, 0.1) is 5.57 Å². The first-order valence-corrected chi connectivity index (χ1v) is 7.59. The van der Waals surface area contributed by atoms with Gasteiger partial charge in [-0.2, -0.15) is 0 Å². The molecule has 0 spiro atoms. The maximum absolute atomic E-state index is 12.0. The zero-order chi connectivity index (χ0) is 15.8. The van der Waals surface area contributed by atoms with Crippen molar-refractivity contribution in [3.63, 3.8) is 0 Å². The van der Waals surface area contributed by atoms with Crippen LogP contribution in [0.3, 0.4) is 0 Å². The molecule has 1 aliphatic rings. The lowest BCUT2D eigenvalue weighted by Crippen LogP contribution is -2.29. The topological polar surface area (TPSA) is 75.6 Å². The Morgan fingerprint density at radius 2 is 1.91 bits per heavy atom. The molecule has 22 heavy (non-hydrogen) atoms. The van der Waals surface area contributed by atoms with Crippen molar-refractivity contribution in [2.24, 2.45) is 0 Å². The van der Waals surface area contributed by atoms with Crippen LogP contribution in [0.1, 0.15) is 37.7 Å². The molecule has 0 radical (unpaired) electrons. The molecule has 0 atom stereocenters. The molecule has 1 aromatic rings. The molecule has 1 amide bonds. The van der Waals surface area contributed by atoms with E-state index in [1.54, 1.807) is 0 Å². The van der Waals surface area contributed by atoms with Crippen LogP contribution >= 0.6 is 0 Å². The lowest BCUT2D eigenvalue weighted by Gasteiger charge is -2.17. The largest absolute Gasteiger partial charge is 0.488 e. The second-order valence-corrected chi connectivity index (χ2v) is 5.31. The Hall–Kier alpha value is -2.30. The van der Waals surface area contributed by atoms with Crippen molar-refractivity contribution in [1.82, 2.24) is 5.32 Å². The average Bonchev–Trinajstić information content (AvgIpc) is 2.53. The second kappa shape index (κ2) is 8.22.